The summed E-state index contributed by atoms with van der Waals surface area (Å²) in [6, 6.07) is 8.14. The van der Waals surface area contributed by atoms with E-state index in [0.29, 0.717) is 42.8 Å². The fourth-order valence-corrected chi connectivity index (χ4v) is 3.64. The summed E-state index contributed by atoms with van der Waals surface area (Å²) in [7, 11) is 0. The molecule has 1 aliphatic rings. The van der Waals surface area contributed by atoms with E-state index >= 15 is 0 Å². The molecule has 2 aromatic carbocycles. The molecule has 2 amide bonds. The van der Waals surface area contributed by atoms with Gasteiger partial charge in [-0.15, -0.1) is 0 Å². The predicted molar refractivity (Wildman–Crippen MR) is 104 cm³/mol. The van der Waals surface area contributed by atoms with E-state index in [0.717, 1.165) is 6.07 Å². The number of amides is 2. The molecule has 0 spiro atoms. The Hall–Kier alpha value is -3.07. The second kappa shape index (κ2) is 7.98. The van der Waals surface area contributed by atoms with E-state index in [-0.39, 0.29) is 22.4 Å². The van der Waals surface area contributed by atoms with Crippen LogP contribution in [0.3, 0.4) is 0 Å². The second-order valence-electron chi connectivity index (χ2n) is 6.86. The summed E-state index contributed by atoms with van der Waals surface area (Å²) in [5.41, 5.74) is 1.26. The number of rotatable bonds is 3. The molecular formula is C20H16ClF3N4O2. The highest BCUT2D eigenvalue weighted by Gasteiger charge is 2.27. The Balaban J connectivity index is 1.44. The molecule has 156 valence electrons. The van der Waals surface area contributed by atoms with Crippen molar-refractivity contribution in [3.63, 3.8) is 0 Å². The van der Waals surface area contributed by atoms with Crippen LogP contribution >= 0.6 is 11.6 Å². The first kappa shape index (κ1) is 20.2. The Morgan fingerprint density at radius 2 is 1.67 bits per heavy atom. The summed E-state index contributed by atoms with van der Waals surface area (Å²) in [5.74, 6) is -1.56. The number of aromatic amines is 1. The summed E-state index contributed by atoms with van der Waals surface area (Å²) >= 11 is 5.96. The van der Waals surface area contributed by atoms with Crippen molar-refractivity contribution in [2.75, 3.05) is 26.2 Å². The van der Waals surface area contributed by atoms with Crippen LogP contribution in [0.2, 0.25) is 5.02 Å². The molecule has 30 heavy (non-hydrogen) atoms. The summed E-state index contributed by atoms with van der Waals surface area (Å²) < 4.78 is 38.8. The van der Waals surface area contributed by atoms with E-state index < -0.39 is 18.1 Å². The van der Waals surface area contributed by atoms with Crippen LogP contribution in [0.15, 0.2) is 36.4 Å². The first-order valence-electron chi connectivity index (χ1n) is 9.15. The van der Waals surface area contributed by atoms with Crippen LogP contribution in [-0.2, 0) is 0 Å². The monoisotopic (exact) mass is 436 g/mol. The predicted octanol–water partition coefficient (Wildman–Crippen LogP) is 3.89. The van der Waals surface area contributed by atoms with E-state index in [9.17, 15) is 22.8 Å². The third-order valence-corrected chi connectivity index (χ3v) is 5.28. The quantitative estimate of drug-likeness (QED) is 0.677. The van der Waals surface area contributed by atoms with Crippen LogP contribution in [-0.4, -0.2) is 57.8 Å². The van der Waals surface area contributed by atoms with Gasteiger partial charge in [0.05, 0.1) is 21.6 Å². The minimum Gasteiger partial charge on any atom is -0.337 e. The molecule has 0 aliphatic carbocycles. The van der Waals surface area contributed by atoms with Gasteiger partial charge in [-0.1, -0.05) is 11.6 Å². The molecule has 3 aromatic rings. The van der Waals surface area contributed by atoms with Gasteiger partial charge < -0.3 is 14.8 Å². The number of nitrogens with one attached hydrogen (secondary N) is 1. The Kier molecular flexibility index (Phi) is 5.38. The van der Waals surface area contributed by atoms with Crippen molar-refractivity contribution in [3.05, 3.63) is 64.2 Å². The number of carbonyl (C=O) groups excluding carboxylic acids is 2. The molecule has 0 saturated carbocycles. The summed E-state index contributed by atoms with van der Waals surface area (Å²) in [6.45, 7) is 1.18. The summed E-state index contributed by atoms with van der Waals surface area (Å²) in [6.07, 6.45) is -2.73. The standard InChI is InChI=1S/C20H16ClF3N4O2/c21-14-10-12(22)2-3-13(14)20(30)28-7-5-27(6-8-28)19(29)11-1-4-15-16(9-11)26-18(25-15)17(23)24/h1-4,9-10,17H,5-8H2,(H,25,26). The van der Waals surface area contributed by atoms with Gasteiger partial charge in [0.1, 0.15) is 5.82 Å². The van der Waals surface area contributed by atoms with Crippen molar-refractivity contribution in [1.29, 1.82) is 0 Å². The number of aromatic nitrogens is 2. The first-order chi connectivity index (χ1) is 14.3. The number of benzene rings is 2. The number of imidazole rings is 1. The van der Waals surface area contributed by atoms with E-state index in [1.165, 1.54) is 30.3 Å². The zero-order chi connectivity index (χ0) is 21.4. The van der Waals surface area contributed by atoms with Crippen LogP contribution in [0.1, 0.15) is 33.0 Å². The van der Waals surface area contributed by atoms with Gasteiger partial charge >= 0.3 is 0 Å². The number of alkyl halides is 2. The Morgan fingerprint density at radius 1 is 1.00 bits per heavy atom. The van der Waals surface area contributed by atoms with Gasteiger partial charge in [0.2, 0.25) is 0 Å². The number of hydrogen-bond donors (Lipinski definition) is 1. The lowest BCUT2D eigenvalue weighted by atomic mass is 10.1. The molecule has 0 bridgehead atoms. The minimum absolute atomic E-state index is 0.0366. The third-order valence-electron chi connectivity index (χ3n) is 4.97. The molecule has 6 nitrogen and oxygen atoms in total. The maximum atomic E-state index is 13.2. The smallest absolute Gasteiger partial charge is 0.295 e. The molecule has 1 fully saturated rings. The van der Waals surface area contributed by atoms with Crippen molar-refractivity contribution in [2.45, 2.75) is 6.43 Å². The number of halogens is 4. The SMILES string of the molecule is O=C(c1ccc2nc(C(F)F)[nH]c2c1)N1CCN(C(=O)c2ccc(F)cc2Cl)CC1. The van der Waals surface area contributed by atoms with Gasteiger partial charge in [0.15, 0.2) is 5.82 Å². The Labute approximate surface area is 174 Å². The highest BCUT2D eigenvalue weighted by Crippen LogP contribution is 2.23. The Morgan fingerprint density at radius 3 is 2.30 bits per heavy atom. The van der Waals surface area contributed by atoms with Crippen molar-refractivity contribution in [2.24, 2.45) is 0 Å². The number of carbonyl (C=O) groups is 2. The molecule has 1 N–H and O–H groups in total. The number of hydrogen-bond acceptors (Lipinski definition) is 3. The normalized spacial score (nSPS) is 14.6. The van der Waals surface area contributed by atoms with Gasteiger partial charge in [-0.3, -0.25) is 9.59 Å². The average Bonchev–Trinajstić information content (AvgIpc) is 3.17. The van der Waals surface area contributed by atoms with E-state index in [2.05, 4.69) is 9.97 Å². The molecule has 1 aromatic heterocycles. The van der Waals surface area contributed by atoms with Gasteiger partial charge in [-0.05, 0) is 36.4 Å². The zero-order valence-corrected chi connectivity index (χ0v) is 16.3. The summed E-state index contributed by atoms with van der Waals surface area (Å²) in [4.78, 5) is 34.9. The molecule has 4 rings (SSSR count). The lowest BCUT2D eigenvalue weighted by Crippen LogP contribution is -2.50. The van der Waals surface area contributed by atoms with Gasteiger partial charge in [-0.2, -0.15) is 0 Å². The lowest BCUT2D eigenvalue weighted by Gasteiger charge is -2.35. The van der Waals surface area contributed by atoms with Crippen LogP contribution in [0.4, 0.5) is 13.2 Å². The average molecular weight is 437 g/mol. The van der Waals surface area contributed by atoms with Crippen molar-refractivity contribution < 1.29 is 22.8 Å². The molecular weight excluding hydrogens is 421 g/mol. The third kappa shape index (κ3) is 3.85. The highest BCUT2D eigenvalue weighted by molar-refractivity contribution is 6.33. The van der Waals surface area contributed by atoms with E-state index in [1.807, 2.05) is 0 Å². The van der Waals surface area contributed by atoms with Crippen LogP contribution in [0.25, 0.3) is 11.0 Å². The topological polar surface area (TPSA) is 69.3 Å². The molecule has 0 atom stereocenters. The molecule has 1 saturated heterocycles. The molecule has 1 aliphatic heterocycles. The van der Waals surface area contributed by atoms with Crippen LogP contribution in [0.5, 0.6) is 0 Å². The number of nitrogens with zero attached hydrogens (tertiary/aromatic N) is 3. The summed E-state index contributed by atoms with van der Waals surface area (Å²) in [5, 5.41) is 0.0366. The maximum Gasteiger partial charge on any atom is 0.295 e. The fraction of sp³-hybridized carbons (Fsp3) is 0.250. The van der Waals surface area contributed by atoms with E-state index in [4.69, 9.17) is 11.6 Å². The molecule has 0 unspecified atom stereocenters. The van der Waals surface area contributed by atoms with Crippen LogP contribution < -0.4 is 0 Å². The number of fused-ring (bicyclic) bond motifs is 1. The first-order valence-corrected chi connectivity index (χ1v) is 9.52. The molecule has 2 heterocycles. The van der Waals surface area contributed by atoms with Gasteiger partial charge in [0, 0.05) is 31.7 Å². The van der Waals surface area contributed by atoms with E-state index in [1.54, 1.807) is 9.80 Å². The van der Waals surface area contributed by atoms with Crippen molar-refractivity contribution in [3.8, 4) is 0 Å². The highest BCUT2D eigenvalue weighted by atomic mass is 35.5. The van der Waals surface area contributed by atoms with Crippen LogP contribution in [0, 0.1) is 5.82 Å². The maximum absolute atomic E-state index is 13.2. The minimum atomic E-state index is -2.73. The second-order valence-corrected chi connectivity index (χ2v) is 7.27. The lowest BCUT2D eigenvalue weighted by molar-refractivity contribution is 0.0535. The van der Waals surface area contributed by atoms with Gasteiger partial charge in [0.25, 0.3) is 18.2 Å². The fourth-order valence-electron chi connectivity index (χ4n) is 3.39. The number of piperazine rings is 1. The Bertz CT molecular complexity index is 1130. The molecule has 0 radical (unpaired) electrons. The molecule has 10 heteroatoms. The number of H-pyrrole nitrogens is 1. The van der Waals surface area contributed by atoms with Gasteiger partial charge in [-0.25, -0.2) is 18.2 Å². The largest absolute Gasteiger partial charge is 0.337 e. The van der Waals surface area contributed by atoms with Crippen molar-refractivity contribution >= 4 is 34.4 Å². The zero-order valence-electron chi connectivity index (χ0n) is 15.5. The van der Waals surface area contributed by atoms with Crippen molar-refractivity contribution in [1.82, 2.24) is 19.8 Å².